The molecule has 1 N–H and O–H groups in total. The van der Waals surface area contributed by atoms with Gasteiger partial charge in [0.1, 0.15) is 6.04 Å². The van der Waals surface area contributed by atoms with Crippen LogP contribution >= 0.6 is 0 Å². The van der Waals surface area contributed by atoms with Gasteiger partial charge in [0.2, 0.25) is 0 Å². The summed E-state index contributed by atoms with van der Waals surface area (Å²) in [5.74, 6) is 0.715. The second kappa shape index (κ2) is 9.98. The fraction of sp³-hybridized carbons (Fsp3) is 0.467. The number of pyridine rings is 1. The molecule has 2 aromatic heterocycles. The number of hydrogen-bond acceptors (Lipinski definition) is 6. The number of nitrogens with one attached hydrogen (secondary N) is 1. The summed E-state index contributed by atoms with van der Waals surface area (Å²) in [5, 5.41) is 14.1. The maximum Gasteiger partial charge on any atom is 0.253 e. The summed E-state index contributed by atoms with van der Waals surface area (Å²) in [6.07, 6.45) is 0.866. The van der Waals surface area contributed by atoms with E-state index in [0.29, 0.717) is 11.4 Å². The molecule has 0 radical (unpaired) electrons. The van der Waals surface area contributed by atoms with Crippen molar-refractivity contribution >= 4 is 16.6 Å². The molecule has 8 nitrogen and oxygen atoms in total. The molecule has 1 saturated heterocycles. The number of H-pyrrole nitrogens is 1. The molecule has 0 unspecified atom stereocenters. The van der Waals surface area contributed by atoms with E-state index in [9.17, 15) is 4.79 Å². The third-order valence-electron chi connectivity index (χ3n) is 8.33. The van der Waals surface area contributed by atoms with E-state index in [4.69, 9.17) is 0 Å². The zero-order chi connectivity index (χ0) is 27.2. The molecule has 1 aliphatic heterocycles. The minimum atomic E-state index is -0.357. The summed E-state index contributed by atoms with van der Waals surface area (Å²) in [4.78, 5) is 21.7. The van der Waals surface area contributed by atoms with E-state index in [0.717, 1.165) is 54.6 Å². The smallest absolute Gasteiger partial charge is 0.253 e. The Morgan fingerprint density at radius 2 is 1.63 bits per heavy atom. The number of anilines is 1. The number of fused-ring (bicyclic) bond motifs is 1. The van der Waals surface area contributed by atoms with Gasteiger partial charge < -0.3 is 9.88 Å². The number of rotatable bonds is 6. The Morgan fingerprint density at radius 3 is 2.34 bits per heavy atom. The van der Waals surface area contributed by atoms with Crippen LogP contribution in [0.4, 0.5) is 5.69 Å². The van der Waals surface area contributed by atoms with E-state index >= 15 is 0 Å². The number of benzene rings is 2. The first kappa shape index (κ1) is 26.1. The maximum atomic E-state index is 13.7. The molecule has 4 aromatic rings. The maximum absolute atomic E-state index is 13.7. The second-order valence-corrected chi connectivity index (χ2v) is 11.4. The second-order valence-electron chi connectivity index (χ2n) is 11.4. The van der Waals surface area contributed by atoms with Gasteiger partial charge in [-0.1, -0.05) is 31.2 Å². The molecule has 0 bridgehead atoms. The van der Waals surface area contributed by atoms with Crippen molar-refractivity contribution in [1.82, 2.24) is 30.1 Å². The van der Waals surface area contributed by atoms with Crippen molar-refractivity contribution in [1.29, 1.82) is 0 Å². The highest BCUT2D eigenvalue weighted by Crippen LogP contribution is 2.33. The van der Waals surface area contributed by atoms with Gasteiger partial charge in [-0.05, 0) is 92.8 Å². The Bertz CT molecular complexity index is 1530. The van der Waals surface area contributed by atoms with Crippen molar-refractivity contribution in [3.05, 3.63) is 80.4 Å². The highest BCUT2D eigenvalue weighted by atomic mass is 16.1. The molecule has 8 heteroatoms. The number of hydrogen-bond donors (Lipinski definition) is 1. The molecule has 0 amide bonds. The minimum absolute atomic E-state index is 0.0861. The number of tetrazole rings is 1. The lowest BCUT2D eigenvalue weighted by atomic mass is 9.97. The largest absolute Gasteiger partial charge is 0.369 e. The predicted octanol–water partition coefficient (Wildman–Crippen LogP) is 4.80. The average molecular weight is 514 g/mol. The molecule has 2 aromatic carbocycles. The summed E-state index contributed by atoms with van der Waals surface area (Å²) < 4.78 is 1.92. The molecule has 1 fully saturated rings. The van der Waals surface area contributed by atoms with Crippen molar-refractivity contribution < 1.29 is 0 Å². The number of aromatic nitrogens is 5. The molecular weight excluding hydrogens is 474 g/mol. The van der Waals surface area contributed by atoms with E-state index in [1.54, 1.807) is 0 Å². The van der Waals surface area contributed by atoms with Crippen LogP contribution in [0.1, 0.15) is 66.9 Å². The number of aromatic amines is 1. The molecule has 1 aliphatic rings. The highest BCUT2D eigenvalue weighted by Gasteiger charge is 2.36. The molecular formula is C30H39N7O. The van der Waals surface area contributed by atoms with Crippen molar-refractivity contribution in [2.24, 2.45) is 0 Å². The summed E-state index contributed by atoms with van der Waals surface area (Å²) >= 11 is 0. The fourth-order valence-electron chi connectivity index (χ4n) is 5.52. The van der Waals surface area contributed by atoms with Gasteiger partial charge in [0.25, 0.3) is 5.56 Å². The Kier molecular flexibility index (Phi) is 6.86. The zero-order valence-corrected chi connectivity index (χ0v) is 23.7. The minimum Gasteiger partial charge on any atom is -0.369 e. The fourth-order valence-corrected chi connectivity index (χ4v) is 5.52. The first-order valence-electron chi connectivity index (χ1n) is 13.6. The van der Waals surface area contributed by atoms with Crippen LogP contribution in [0.15, 0.2) is 41.2 Å². The molecule has 0 aliphatic carbocycles. The van der Waals surface area contributed by atoms with Gasteiger partial charge in [0.05, 0.1) is 11.1 Å². The van der Waals surface area contributed by atoms with E-state index in [-0.39, 0.29) is 17.1 Å². The van der Waals surface area contributed by atoms with Crippen LogP contribution in [0.5, 0.6) is 0 Å². The average Bonchev–Trinajstić information content (AvgIpc) is 3.39. The first-order valence-corrected chi connectivity index (χ1v) is 13.6. The van der Waals surface area contributed by atoms with E-state index in [2.05, 4.69) is 108 Å². The normalized spacial score (nSPS) is 15.8. The third kappa shape index (κ3) is 4.62. The van der Waals surface area contributed by atoms with E-state index in [1.165, 1.54) is 16.8 Å². The Balaban J connectivity index is 1.60. The molecule has 0 spiro atoms. The predicted molar refractivity (Wildman–Crippen MR) is 153 cm³/mol. The van der Waals surface area contributed by atoms with E-state index < -0.39 is 0 Å². The first-order chi connectivity index (χ1) is 18.1. The molecule has 0 saturated carbocycles. The lowest BCUT2D eigenvalue weighted by Crippen LogP contribution is -2.49. The number of aryl methyl sites for hydroxylation is 4. The SMILES string of the molecule is CCC(C)(C)n1nnnc1[C@@H](c1cc2c(C)ccc(C)c2[nH]c1=O)N1CCN(c2cc(C)ccc2C)CC1. The van der Waals surface area contributed by atoms with Crippen LogP contribution in [0.3, 0.4) is 0 Å². The summed E-state index contributed by atoms with van der Waals surface area (Å²) in [6.45, 7) is 18.2. The summed E-state index contributed by atoms with van der Waals surface area (Å²) in [6, 6.07) is 12.5. The molecule has 200 valence electrons. The third-order valence-corrected chi connectivity index (χ3v) is 8.33. The molecule has 38 heavy (non-hydrogen) atoms. The summed E-state index contributed by atoms with van der Waals surface area (Å²) in [7, 11) is 0. The van der Waals surface area contributed by atoms with E-state index in [1.807, 2.05) is 11.6 Å². The highest BCUT2D eigenvalue weighted by molar-refractivity contribution is 5.85. The topological polar surface area (TPSA) is 82.9 Å². The number of piperazine rings is 1. The van der Waals surface area contributed by atoms with Gasteiger partial charge >= 0.3 is 0 Å². The van der Waals surface area contributed by atoms with Crippen LogP contribution in [-0.2, 0) is 5.54 Å². The van der Waals surface area contributed by atoms with Gasteiger partial charge in [0, 0.05) is 42.8 Å². The van der Waals surface area contributed by atoms with Crippen molar-refractivity contribution in [3.63, 3.8) is 0 Å². The van der Waals surface area contributed by atoms with Gasteiger partial charge in [-0.2, -0.15) is 0 Å². The molecule has 3 heterocycles. The van der Waals surface area contributed by atoms with Crippen LogP contribution in [0, 0.1) is 27.7 Å². The van der Waals surface area contributed by atoms with Gasteiger partial charge in [-0.15, -0.1) is 5.10 Å². The lowest BCUT2D eigenvalue weighted by molar-refractivity contribution is 0.186. The molecule has 5 rings (SSSR count). The Labute approximate surface area is 224 Å². The van der Waals surface area contributed by atoms with Crippen molar-refractivity contribution in [2.45, 2.75) is 66.5 Å². The summed E-state index contributed by atoms with van der Waals surface area (Å²) in [5.41, 5.74) is 7.24. The van der Waals surface area contributed by atoms with Crippen LogP contribution in [0.25, 0.3) is 10.9 Å². The zero-order valence-electron chi connectivity index (χ0n) is 23.7. The lowest BCUT2D eigenvalue weighted by Gasteiger charge is -2.40. The number of nitrogens with zero attached hydrogens (tertiary/aromatic N) is 6. The Morgan fingerprint density at radius 1 is 0.947 bits per heavy atom. The van der Waals surface area contributed by atoms with Crippen molar-refractivity contribution in [3.8, 4) is 0 Å². The van der Waals surface area contributed by atoms with Gasteiger partial charge in [-0.3, -0.25) is 9.69 Å². The monoisotopic (exact) mass is 513 g/mol. The van der Waals surface area contributed by atoms with Crippen LogP contribution in [0.2, 0.25) is 0 Å². The standard InChI is InChI=1S/C30H39N7O/c1-8-30(6,7)37-28(32-33-34-37)27(24-18-23-20(3)11-12-22(5)26(23)31-29(24)38)36-15-13-35(14-16-36)25-17-19(2)9-10-21(25)4/h9-12,17-18,27H,8,13-16H2,1-7H3,(H,31,38)/t27-/m1/s1. The Hall–Kier alpha value is -3.52. The van der Waals surface area contributed by atoms with Gasteiger partial charge in [0.15, 0.2) is 5.82 Å². The quantitative estimate of drug-likeness (QED) is 0.399. The van der Waals surface area contributed by atoms with Crippen LogP contribution < -0.4 is 10.5 Å². The molecule has 1 atom stereocenters. The van der Waals surface area contributed by atoms with Gasteiger partial charge in [-0.25, -0.2) is 4.68 Å². The van der Waals surface area contributed by atoms with Crippen molar-refractivity contribution in [2.75, 3.05) is 31.1 Å². The van der Waals surface area contributed by atoms with Crippen LogP contribution in [-0.4, -0.2) is 56.3 Å².